The largest absolute Gasteiger partial charge is 0.480 e. The Balaban J connectivity index is 0.000000197. The van der Waals surface area contributed by atoms with E-state index in [1.807, 2.05) is 31.5 Å². The number of likely N-dealkylation sites (tertiary alicyclic amines) is 1. The first-order valence-corrected chi connectivity index (χ1v) is 23.5. The molecule has 73 heavy (non-hydrogen) atoms. The highest BCUT2D eigenvalue weighted by molar-refractivity contribution is 6.07. The summed E-state index contributed by atoms with van der Waals surface area (Å²) in [6.45, 7) is 3.12. The van der Waals surface area contributed by atoms with Crippen molar-refractivity contribution < 1.29 is 52.9 Å². The summed E-state index contributed by atoms with van der Waals surface area (Å²) in [5.41, 5.74) is 3.28. The maximum atomic E-state index is 13.5. The molecule has 2 aromatic heterocycles. The number of carbonyl (C=O) groups is 8. The van der Waals surface area contributed by atoms with Gasteiger partial charge in [-0.25, -0.2) is 29.0 Å². The molecule has 4 aromatic rings. The van der Waals surface area contributed by atoms with Crippen molar-refractivity contribution in [2.75, 3.05) is 37.8 Å². The number of hydrogen-bond acceptors (Lipinski definition) is 13. The van der Waals surface area contributed by atoms with Crippen LogP contribution in [0.5, 0.6) is 0 Å². The third-order valence-electron chi connectivity index (χ3n) is 13.8. The van der Waals surface area contributed by atoms with E-state index < -0.39 is 47.7 Å². The molecular weight excluding hydrogens is 941 g/mol. The first kappa shape index (κ1) is 54.4. The zero-order valence-electron chi connectivity index (χ0n) is 39.7. The Kier molecular flexibility index (Phi) is 16.9. The lowest BCUT2D eigenvalue weighted by atomic mass is 9.94. The molecule has 6 N–H and O–H groups in total. The van der Waals surface area contributed by atoms with Gasteiger partial charge in [0.1, 0.15) is 13.1 Å². The second kappa shape index (κ2) is 22.6. The molecule has 6 atom stereocenters. The highest BCUT2D eigenvalue weighted by Crippen LogP contribution is 2.48. The standard InChI is InChI=1S/C25H27N5O5.C15H15N3O6.C10H14N2.2CH4/c1-15-3-6-20(16-8-11-27-12-9-16)30(15)21(31)14-29-22(32)25(35-24(29)34)10-7-17-13-18(4-5-19(17)25)28-23(33)26-2;1-16-13(22)17-9-2-3-10-8(6-9)4-5-15(10)12(21)18(7-11(19)20)14(23)24-15;1-8-2-3-10(12-8)9-4-6-11-7-5-9;;/h4-5,8-9,11-13,15,20H,3,6-7,10,14H2,1-2H3,(H2,26,28,33);2-3,6H,4-5,7H2,1H3,(H,19,20)(H2,16,17,22);4-8,10,12H,2-3H2,1H3;2*1H4/t15-,20?,25+;15-;8-,10?;;/m010../s1. The quantitative estimate of drug-likeness (QED) is 0.110. The predicted molar refractivity (Wildman–Crippen MR) is 268 cm³/mol. The van der Waals surface area contributed by atoms with Crippen LogP contribution in [-0.2, 0) is 52.7 Å². The summed E-state index contributed by atoms with van der Waals surface area (Å²) < 4.78 is 10.9. The Labute approximate surface area is 423 Å². The number of urea groups is 2. The van der Waals surface area contributed by atoms with Crippen molar-refractivity contribution in [1.82, 2.24) is 40.6 Å². The number of carboxylic acids is 1. The third-order valence-corrected chi connectivity index (χ3v) is 13.8. The average Bonchev–Trinajstić information content (AvgIpc) is 4.22. The van der Waals surface area contributed by atoms with Crippen LogP contribution in [0, 0.1) is 0 Å². The van der Waals surface area contributed by atoms with Crippen LogP contribution in [0.4, 0.5) is 30.6 Å². The molecule has 0 bridgehead atoms. The highest BCUT2D eigenvalue weighted by Gasteiger charge is 2.60. The number of hydrogen-bond donors (Lipinski definition) is 6. The summed E-state index contributed by atoms with van der Waals surface area (Å²) in [6.07, 6.45) is 11.0. The van der Waals surface area contributed by atoms with Crippen LogP contribution in [0.3, 0.4) is 0 Å². The molecule has 4 aliphatic heterocycles. The van der Waals surface area contributed by atoms with E-state index in [-0.39, 0.29) is 57.9 Å². The molecule has 21 nitrogen and oxygen atoms in total. The van der Waals surface area contributed by atoms with E-state index in [0.29, 0.717) is 58.7 Å². The summed E-state index contributed by atoms with van der Waals surface area (Å²) in [4.78, 5) is 109. The molecule has 0 radical (unpaired) electrons. The van der Waals surface area contributed by atoms with Crippen molar-refractivity contribution in [1.29, 1.82) is 0 Å². The minimum absolute atomic E-state index is 0. The van der Waals surface area contributed by atoms with E-state index in [2.05, 4.69) is 55.6 Å². The van der Waals surface area contributed by atoms with Gasteiger partial charge in [-0.15, -0.1) is 0 Å². The number of pyridine rings is 2. The van der Waals surface area contributed by atoms with Crippen LogP contribution in [0.2, 0.25) is 0 Å². The van der Waals surface area contributed by atoms with Crippen LogP contribution in [0.1, 0.15) is 113 Å². The fourth-order valence-electron chi connectivity index (χ4n) is 10.3. The Morgan fingerprint density at radius 3 is 1.60 bits per heavy atom. The van der Waals surface area contributed by atoms with E-state index in [4.69, 9.17) is 14.6 Å². The fourth-order valence-corrected chi connectivity index (χ4v) is 10.3. The Hall–Kier alpha value is -7.94. The minimum atomic E-state index is -1.46. The van der Waals surface area contributed by atoms with E-state index in [9.17, 15) is 38.4 Å². The number of imide groups is 2. The summed E-state index contributed by atoms with van der Waals surface area (Å²) in [7, 11) is 3.01. The zero-order chi connectivity index (χ0) is 50.6. The van der Waals surface area contributed by atoms with Crippen LogP contribution in [0.25, 0.3) is 0 Å². The van der Waals surface area contributed by atoms with Crippen molar-refractivity contribution in [2.45, 2.75) is 115 Å². The molecule has 0 saturated carbocycles. The monoisotopic (exact) mass is 1000 g/mol. The molecule has 2 aromatic carbocycles. The predicted octanol–water partition coefficient (Wildman–Crippen LogP) is 6.52. The van der Waals surface area contributed by atoms with Crippen LogP contribution < -0.4 is 26.6 Å². The molecule has 21 heteroatoms. The minimum Gasteiger partial charge on any atom is -0.480 e. The third kappa shape index (κ3) is 11.0. The van der Waals surface area contributed by atoms with E-state index in [0.717, 1.165) is 34.4 Å². The SMILES string of the molecule is C.C.CNC(=O)Nc1ccc2c(c1)CC[C@@]21OC(=O)N(CC(=O)N2C(c3ccncc3)CC[C@@H]2C)C1=O.CNC(=O)Nc1ccc2c(c1)CC[C@@]21OC(=O)N(CC(=O)O)C1=O.C[C@H]1CCC(c2ccncc2)N1. The molecule has 388 valence electrons. The van der Waals surface area contributed by atoms with Crippen molar-refractivity contribution in [3.63, 3.8) is 0 Å². The van der Waals surface area contributed by atoms with E-state index >= 15 is 0 Å². The number of aromatic nitrogens is 2. The molecule has 4 fully saturated rings. The normalized spacial score (nSPS) is 23.9. The molecule has 6 aliphatic rings. The van der Waals surface area contributed by atoms with Gasteiger partial charge >= 0.3 is 30.2 Å². The summed E-state index contributed by atoms with van der Waals surface area (Å²) >= 11 is 0. The first-order chi connectivity index (χ1) is 34.1. The maximum Gasteiger partial charge on any atom is 0.418 e. The number of nitrogens with one attached hydrogen (secondary N) is 5. The van der Waals surface area contributed by atoms with Crippen LogP contribution in [-0.4, -0.2) is 117 Å². The van der Waals surface area contributed by atoms with Gasteiger partial charge in [-0.1, -0.05) is 27.0 Å². The number of aryl methyl sites for hydroxylation is 2. The summed E-state index contributed by atoms with van der Waals surface area (Å²) in [6, 6.07) is 18.4. The van der Waals surface area contributed by atoms with Crippen LogP contribution >= 0.6 is 0 Å². The number of nitrogens with zero attached hydrogens (tertiary/aromatic N) is 5. The first-order valence-electron chi connectivity index (χ1n) is 23.5. The van der Waals surface area contributed by atoms with Gasteiger partial charge in [-0.2, -0.15) is 0 Å². The Bertz CT molecular complexity index is 2750. The lowest BCUT2D eigenvalue weighted by Gasteiger charge is -2.30. The molecule has 2 spiro atoms. The van der Waals surface area contributed by atoms with Gasteiger partial charge < -0.3 is 46.1 Å². The zero-order valence-corrected chi connectivity index (χ0v) is 39.7. The van der Waals surface area contributed by atoms with Crippen molar-refractivity contribution in [3.05, 3.63) is 119 Å². The summed E-state index contributed by atoms with van der Waals surface area (Å²) in [5.74, 6) is -2.77. The smallest absolute Gasteiger partial charge is 0.418 e. The molecule has 10 rings (SSSR count). The van der Waals surface area contributed by atoms with Crippen molar-refractivity contribution in [2.24, 2.45) is 0 Å². The van der Waals surface area contributed by atoms with Gasteiger partial charge in [0.2, 0.25) is 17.1 Å². The number of rotatable bonds is 8. The lowest BCUT2D eigenvalue weighted by Crippen LogP contribution is -2.46. The van der Waals surface area contributed by atoms with Gasteiger partial charge in [0, 0.05) is 92.4 Å². The number of anilines is 2. The average molecular weight is 1010 g/mol. The van der Waals surface area contributed by atoms with Crippen LogP contribution in [0.15, 0.2) is 85.5 Å². The number of carbonyl (C=O) groups excluding carboxylic acids is 7. The molecule has 6 heterocycles. The van der Waals surface area contributed by atoms with E-state index in [1.54, 1.807) is 53.7 Å². The molecule has 2 unspecified atom stereocenters. The number of carboxylic acid groups (broad SMARTS) is 1. The van der Waals surface area contributed by atoms with Gasteiger partial charge in [-0.05, 0) is 123 Å². The number of benzene rings is 2. The van der Waals surface area contributed by atoms with E-state index in [1.165, 1.54) is 32.5 Å². The second-order valence-electron chi connectivity index (χ2n) is 18.2. The highest BCUT2D eigenvalue weighted by atomic mass is 16.6. The van der Waals surface area contributed by atoms with Gasteiger partial charge in [0.25, 0.3) is 11.8 Å². The molecular formula is C52H64N10O11. The number of aliphatic carboxylic acids is 1. The number of amides is 9. The molecule has 4 saturated heterocycles. The number of fused-ring (bicyclic) bond motifs is 4. The lowest BCUT2D eigenvalue weighted by molar-refractivity contribution is -0.144. The second-order valence-corrected chi connectivity index (χ2v) is 18.2. The van der Waals surface area contributed by atoms with Gasteiger partial charge in [0.15, 0.2) is 0 Å². The van der Waals surface area contributed by atoms with Crippen molar-refractivity contribution >= 4 is 59.3 Å². The topological polar surface area (TPSA) is 271 Å². The van der Waals surface area contributed by atoms with Crippen molar-refractivity contribution in [3.8, 4) is 0 Å². The Morgan fingerprint density at radius 2 is 1.15 bits per heavy atom. The summed E-state index contributed by atoms with van der Waals surface area (Å²) in [5, 5.41) is 22.6. The number of ether oxygens (including phenoxy) is 2. The maximum absolute atomic E-state index is 13.5. The molecule has 2 aliphatic carbocycles. The van der Waals surface area contributed by atoms with Gasteiger partial charge in [0.05, 0.1) is 6.04 Å². The van der Waals surface area contributed by atoms with Gasteiger partial charge in [-0.3, -0.25) is 29.1 Å². The fraction of sp³-hybridized carbons (Fsp3) is 0.423. The molecule has 9 amide bonds. The Morgan fingerprint density at radius 1 is 0.671 bits per heavy atom.